The molecule has 0 spiro atoms. The van der Waals surface area contributed by atoms with E-state index in [0.29, 0.717) is 23.5 Å². The molecule has 0 aromatic heterocycles. The number of amides is 1. The summed E-state index contributed by atoms with van der Waals surface area (Å²) in [5.41, 5.74) is 6.44. The molecule has 3 N–H and O–H groups in total. The van der Waals surface area contributed by atoms with Crippen LogP contribution in [0.3, 0.4) is 0 Å². The molecule has 5 heteroatoms. The van der Waals surface area contributed by atoms with Gasteiger partial charge in [0.05, 0.1) is 5.69 Å². The second kappa shape index (κ2) is 4.06. The summed E-state index contributed by atoms with van der Waals surface area (Å²) in [6, 6.07) is 5.14. The van der Waals surface area contributed by atoms with Gasteiger partial charge in [-0.3, -0.25) is 9.59 Å². The summed E-state index contributed by atoms with van der Waals surface area (Å²) < 4.78 is 5.46. The normalized spacial score (nSPS) is 23.1. The molecule has 1 saturated carbocycles. The number of ether oxygens (including phenoxy) is 1. The number of anilines is 1. The minimum atomic E-state index is -0.507. The Morgan fingerprint density at radius 2 is 2.26 bits per heavy atom. The Bertz CT molecular complexity index is 564. The summed E-state index contributed by atoms with van der Waals surface area (Å²) in [4.78, 5) is 23.9. The summed E-state index contributed by atoms with van der Waals surface area (Å²) in [7, 11) is 0. The van der Waals surface area contributed by atoms with Crippen molar-refractivity contribution in [1.29, 1.82) is 0 Å². The van der Waals surface area contributed by atoms with Gasteiger partial charge in [-0.15, -0.1) is 0 Å². The highest BCUT2D eigenvalue weighted by Crippen LogP contribution is 2.47. The maximum atomic E-state index is 12.4. The van der Waals surface area contributed by atoms with Gasteiger partial charge in [0, 0.05) is 17.5 Å². The fraction of sp³-hybridized carbons (Fsp3) is 0.429. The van der Waals surface area contributed by atoms with Crippen molar-refractivity contribution in [3.8, 4) is 5.75 Å². The highest BCUT2D eigenvalue weighted by atomic mass is 16.5. The van der Waals surface area contributed by atoms with E-state index in [0.717, 1.165) is 12.8 Å². The Morgan fingerprint density at radius 1 is 1.53 bits per heavy atom. The van der Waals surface area contributed by atoms with Crippen molar-refractivity contribution < 1.29 is 14.3 Å². The van der Waals surface area contributed by atoms with Crippen LogP contribution in [0, 0.1) is 5.41 Å². The van der Waals surface area contributed by atoms with E-state index < -0.39 is 6.10 Å². The molecule has 0 radical (unpaired) electrons. The molecule has 2 aliphatic rings. The molecule has 1 aliphatic heterocycles. The molecule has 100 valence electrons. The van der Waals surface area contributed by atoms with E-state index in [2.05, 4.69) is 5.32 Å². The van der Waals surface area contributed by atoms with E-state index in [1.807, 2.05) is 0 Å². The molecule has 0 bridgehead atoms. The first-order chi connectivity index (χ1) is 9.05. The highest BCUT2D eigenvalue weighted by Gasteiger charge is 2.48. The fourth-order valence-corrected chi connectivity index (χ4v) is 2.33. The first kappa shape index (κ1) is 12.2. The molecule has 0 saturated heterocycles. The van der Waals surface area contributed by atoms with Crippen molar-refractivity contribution in [3.63, 3.8) is 0 Å². The SMILES string of the molecule is CC1Oc2ccc(C(=O)C3(CN)CC3)cc2NC1=O. The standard InChI is InChI=1S/C14H16N2O3/c1-8-13(18)16-10-6-9(2-3-11(10)19-8)12(17)14(7-15)4-5-14/h2-3,6,8H,4-5,7,15H2,1H3,(H,16,18). The second-order valence-electron chi connectivity index (χ2n) is 5.27. The summed E-state index contributed by atoms with van der Waals surface area (Å²) in [5, 5.41) is 2.75. The van der Waals surface area contributed by atoms with Crippen LogP contribution in [0.5, 0.6) is 5.75 Å². The van der Waals surface area contributed by atoms with Crippen LogP contribution in [0.15, 0.2) is 18.2 Å². The third-order valence-corrected chi connectivity index (χ3v) is 3.90. The smallest absolute Gasteiger partial charge is 0.265 e. The lowest BCUT2D eigenvalue weighted by Crippen LogP contribution is -2.34. The van der Waals surface area contributed by atoms with Crippen molar-refractivity contribution in [2.45, 2.75) is 25.9 Å². The Balaban J connectivity index is 1.92. The number of carbonyl (C=O) groups excluding carboxylic acids is 2. The van der Waals surface area contributed by atoms with Crippen LogP contribution >= 0.6 is 0 Å². The van der Waals surface area contributed by atoms with E-state index in [9.17, 15) is 9.59 Å². The lowest BCUT2D eigenvalue weighted by atomic mass is 9.94. The van der Waals surface area contributed by atoms with Crippen LogP contribution in [0.4, 0.5) is 5.69 Å². The minimum absolute atomic E-state index is 0.0608. The van der Waals surface area contributed by atoms with Gasteiger partial charge < -0.3 is 15.8 Å². The quantitative estimate of drug-likeness (QED) is 0.803. The van der Waals surface area contributed by atoms with E-state index >= 15 is 0 Å². The minimum Gasteiger partial charge on any atom is -0.479 e. The van der Waals surface area contributed by atoms with Crippen molar-refractivity contribution in [2.24, 2.45) is 11.1 Å². The van der Waals surface area contributed by atoms with Gasteiger partial charge >= 0.3 is 0 Å². The maximum absolute atomic E-state index is 12.4. The topological polar surface area (TPSA) is 81.4 Å². The van der Waals surface area contributed by atoms with Crippen LogP contribution in [0.2, 0.25) is 0 Å². The molecule has 1 aromatic rings. The molecule has 1 amide bonds. The van der Waals surface area contributed by atoms with Crippen molar-refractivity contribution in [2.75, 3.05) is 11.9 Å². The predicted molar refractivity (Wildman–Crippen MR) is 70.2 cm³/mol. The molecule has 1 aliphatic carbocycles. The van der Waals surface area contributed by atoms with Crippen molar-refractivity contribution >= 4 is 17.4 Å². The summed E-state index contributed by atoms with van der Waals surface area (Å²) in [6.07, 6.45) is 1.19. The van der Waals surface area contributed by atoms with Gasteiger partial charge in [-0.1, -0.05) is 0 Å². The molecule has 1 aromatic carbocycles. The number of hydrogen-bond donors (Lipinski definition) is 2. The molecule has 1 fully saturated rings. The third-order valence-electron chi connectivity index (χ3n) is 3.90. The Labute approximate surface area is 111 Å². The van der Waals surface area contributed by atoms with E-state index in [-0.39, 0.29) is 17.1 Å². The number of fused-ring (bicyclic) bond motifs is 1. The summed E-state index contributed by atoms with van der Waals surface area (Å²) >= 11 is 0. The average molecular weight is 260 g/mol. The zero-order valence-electron chi connectivity index (χ0n) is 10.7. The van der Waals surface area contributed by atoms with E-state index in [1.165, 1.54) is 0 Å². The van der Waals surface area contributed by atoms with E-state index in [1.54, 1.807) is 25.1 Å². The van der Waals surface area contributed by atoms with Crippen LogP contribution in [0.25, 0.3) is 0 Å². The van der Waals surface area contributed by atoms with Gasteiger partial charge in [-0.25, -0.2) is 0 Å². The largest absolute Gasteiger partial charge is 0.479 e. The zero-order valence-corrected chi connectivity index (χ0v) is 10.7. The number of Topliss-reactive ketones (excluding diaryl/α,β-unsaturated/α-hetero) is 1. The van der Waals surface area contributed by atoms with E-state index in [4.69, 9.17) is 10.5 Å². The number of nitrogens with one attached hydrogen (secondary N) is 1. The second-order valence-corrected chi connectivity index (χ2v) is 5.27. The van der Waals surface area contributed by atoms with Gasteiger partial charge in [0.25, 0.3) is 5.91 Å². The Kier molecular flexibility index (Phi) is 2.60. The van der Waals surface area contributed by atoms with Gasteiger partial charge in [0.15, 0.2) is 11.9 Å². The summed E-state index contributed by atoms with van der Waals surface area (Å²) in [5.74, 6) is 0.462. The molecule has 5 nitrogen and oxygen atoms in total. The van der Waals surface area contributed by atoms with Gasteiger partial charge in [-0.2, -0.15) is 0 Å². The Morgan fingerprint density at radius 3 is 2.89 bits per heavy atom. The maximum Gasteiger partial charge on any atom is 0.265 e. The highest BCUT2D eigenvalue weighted by molar-refractivity contribution is 6.05. The van der Waals surface area contributed by atoms with Crippen LogP contribution in [-0.4, -0.2) is 24.3 Å². The van der Waals surface area contributed by atoms with Gasteiger partial charge in [0.2, 0.25) is 0 Å². The number of carbonyl (C=O) groups is 2. The number of nitrogens with two attached hydrogens (primary N) is 1. The summed E-state index contributed by atoms with van der Waals surface area (Å²) in [6.45, 7) is 2.06. The Hall–Kier alpha value is -1.88. The predicted octanol–water partition coefficient (Wildman–Crippen LogP) is 1.33. The molecular weight excluding hydrogens is 244 g/mol. The average Bonchev–Trinajstić information content (AvgIpc) is 3.20. The van der Waals surface area contributed by atoms with Crippen LogP contribution < -0.4 is 15.8 Å². The zero-order chi connectivity index (χ0) is 13.6. The molecule has 1 heterocycles. The molecule has 1 unspecified atom stereocenters. The van der Waals surface area contributed by atoms with Gasteiger partial charge in [-0.05, 0) is 38.0 Å². The number of rotatable bonds is 3. The third kappa shape index (κ3) is 1.90. The first-order valence-electron chi connectivity index (χ1n) is 6.42. The van der Waals surface area contributed by atoms with Crippen LogP contribution in [-0.2, 0) is 4.79 Å². The first-order valence-corrected chi connectivity index (χ1v) is 6.42. The number of ketones is 1. The molecule has 19 heavy (non-hydrogen) atoms. The van der Waals surface area contributed by atoms with Crippen molar-refractivity contribution in [1.82, 2.24) is 0 Å². The van der Waals surface area contributed by atoms with Gasteiger partial charge in [0.1, 0.15) is 5.75 Å². The number of hydrogen-bond acceptors (Lipinski definition) is 4. The lowest BCUT2D eigenvalue weighted by molar-refractivity contribution is -0.122. The van der Waals surface area contributed by atoms with Crippen molar-refractivity contribution in [3.05, 3.63) is 23.8 Å². The lowest BCUT2D eigenvalue weighted by Gasteiger charge is -2.24. The van der Waals surface area contributed by atoms with Crippen LogP contribution in [0.1, 0.15) is 30.1 Å². The monoisotopic (exact) mass is 260 g/mol. The molecular formula is C14H16N2O3. The molecule has 3 rings (SSSR count). The molecule has 1 atom stereocenters. The number of benzene rings is 1. The fourth-order valence-electron chi connectivity index (χ4n) is 2.33.